The molecule has 1 nitrogen and oxygen atoms in total. The predicted octanol–water partition coefficient (Wildman–Crippen LogP) is 14.0. The molecular weight excluding hydrogens is 1190 g/mol. The maximum atomic E-state index is 17.3. The Balaban J connectivity index is 0.000000445. The van der Waals surface area contributed by atoms with Crippen LogP contribution in [0.3, 0.4) is 0 Å². The summed E-state index contributed by atoms with van der Waals surface area (Å²) >= 11 is -9.12. The molecule has 0 spiro atoms. The fraction of sp³-hybridized carbons (Fsp3) is 0.132. The van der Waals surface area contributed by atoms with Gasteiger partial charge in [0.1, 0.15) is 23.3 Å². The number of quaternary nitrogens is 1. The monoisotopic (exact) mass is 1210 g/mol. The Hall–Kier alpha value is -7.38. The molecule has 9 rings (SSSR count). The average molecular weight is 1210 g/mol. The highest BCUT2D eigenvalue weighted by Gasteiger charge is 2.52. The number of rotatable bonds is 11. The molecule has 432 valence electrons. The average Bonchev–Trinajstić information content (AvgIpc) is 2.94. The number of benzene rings is 9. The van der Waals surface area contributed by atoms with Gasteiger partial charge in [-0.2, -0.15) is 26.5 Å². The molecule has 1 atom stereocenters. The fourth-order valence-corrected chi connectivity index (χ4v) is 16.8. The summed E-state index contributed by atoms with van der Waals surface area (Å²) in [7, 11) is 0. The van der Waals surface area contributed by atoms with Crippen LogP contribution in [0.4, 0.5) is 124 Å². The van der Waals surface area contributed by atoms with Gasteiger partial charge >= 0.3 is 0 Å². The number of halogens is 27. The summed E-state index contributed by atoms with van der Waals surface area (Å²) in [5.41, 5.74) is 0.0870. The standard InChI is InChI=1S/C13H18F3N.4C10HF6.Al/c1-2-3-4-5-9-17(10-14)12-8-6-7-11(15)13(12)16;4*11-4-1-3-2-5(12)8(14)10(16)6(3)9(15)7(4)13;/h6-8H,2-5,9-10H2,1H3;4*1H;/q;;;;;-1/p+1. The normalized spacial score (nSPS) is 12.4. The van der Waals surface area contributed by atoms with Crippen molar-refractivity contribution in [3.8, 4) is 0 Å². The van der Waals surface area contributed by atoms with Crippen molar-refractivity contribution in [2.45, 2.75) is 32.6 Å². The highest BCUT2D eigenvalue weighted by molar-refractivity contribution is 7.23. The molecule has 9 aromatic carbocycles. The lowest BCUT2D eigenvalue weighted by Crippen LogP contribution is -3.06. The van der Waals surface area contributed by atoms with Crippen molar-refractivity contribution in [1.29, 1.82) is 0 Å². The number of fused-ring (bicyclic) bond motifs is 4. The van der Waals surface area contributed by atoms with Crippen LogP contribution in [-0.4, -0.2) is 26.4 Å². The third-order valence-corrected chi connectivity index (χ3v) is 19.5. The quantitative estimate of drug-likeness (QED) is 0.0433. The van der Waals surface area contributed by atoms with Crippen LogP contribution >= 0.6 is 0 Å². The van der Waals surface area contributed by atoms with E-state index in [0.717, 1.165) is 31.7 Å². The Morgan fingerprint density at radius 2 is 0.585 bits per heavy atom. The smallest absolute Gasteiger partial charge is 0.274 e. The van der Waals surface area contributed by atoms with Gasteiger partial charge in [-0.3, -0.25) is 4.90 Å². The van der Waals surface area contributed by atoms with Gasteiger partial charge in [-0.1, -0.05) is 25.8 Å². The summed E-state index contributed by atoms with van der Waals surface area (Å²) in [6.07, 6.45) is 4.00. The SMILES string of the molecule is CCCCCC[NH+](CF)c1cccc(F)c1F.Fc1cc2[c]([Al-]([c]3c(F)c(F)c(F)c4c(F)c(F)c(F)cc34)([c]3c(F)c(F)c(F)c4c(F)c(F)c(F)cc34)[c]3c(F)c(F)c(F)c4c(F)c(F)c(F)cc34)c(F)c(F)c(F)c2c(F)c1F. The molecule has 0 amide bonds. The molecule has 0 aliphatic heterocycles. The molecule has 0 heterocycles. The summed E-state index contributed by atoms with van der Waals surface area (Å²) < 4.78 is 408. The van der Waals surface area contributed by atoms with Gasteiger partial charge in [-0.15, -0.1) is 0 Å². The van der Waals surface area contributed by atoms with Crippen LogP contribution in [0.1, 0.15) is 32.6 Å². The van der Waals surface area contributed by atoms with Gasteiger partial charge in [0, 0.05) is 6.07 Å². The van der Waals surface area contributed by atoms with Crippen molar-refractivity contribution in [1.82, 2.24) is 0 Å². The minimum atomic E-state index is -9.12. The molecule has 0 radical (unpaired) electrons. The minimum Gasteiger partial charge on any atom is -0.274 e. The molecule has 0 aliphatic carbocycles. The number of hydrogen-bond acceptors (Lipinski definition) is 0. The van der Waals surface area contributed by atoms with Crippen molar-refractivity contribution in [2.75, 3.05) is 13.3 Å². The summed E-state index contributed by atoms with van der Waals surface area (Å²) in [5, 5.41) is -20.2. The first-order valence-corrected chi connectivity index (χ1v) is 25.4. The Morgan fingerprint density at radius 1 is 0.305 bits per heavy atom. The van der Waals surface area contributed by atoms with E-state index in [4.69, 9.17) is 0 Å². The van der Waals surface area contributed by atoms with Crippen LogP contribution in [-0.2, 0) is 0 Å². The van der Waals surface area contributed by atoms with Crippen LogP contribution in [0.15, 0.2) is 42.5 Å². The van der Waals surface area contributed by atoms with Crippen molar-refractivity contribution in [3.63, 3.8) is 0 Å². The highest BCUT2D eigenvalue weighted by atomic mass is 27.2. The van der Waals surface area contributed by atoms with Crippen LogP contribution in [0.2, 0.25) is 0 Å². The first-order valence-electron chi connectivity index (χ1n) is 23.1. The second-order valence-electron chi connectivity index (χ2n) is 18.1. The Morgan fingerprint density at radius 3 is 0.854 bits per heavy atom. The van der Waals surface area contributed by atoms with Gasteiger partial charge in [0.15, 0.2) is 128 Å². The third-order valence-electron chi connectivity index (χ3n) is 13.7. The minimum absolute atomic E-state index is 0.0870. The van der Waals surface area contributed by atoms with Crippen molar-refractivity contribution >= 4 is 79.6 Å². The maximum absolute atomic E-state index is 17.3. The highest BCUT2D eigenvalue weighted by Crippen LogP contribution is 2.39. The van der Waals surface area contributed by atoms with E-state index in [1.165, 1.54) is 12.1 Å². The van der Waals surface area contributed by atoms with E-state index in [2.05, 4.69) is 6.92 Å². The molecule has 0 saturated heterocycles. The zero-order valence-corrected chi connectivity index (χ0v) is 41.2. The molecule has 0 aliphatic rings. The largest absolute Gasteiger partial charge is 0.286 e. The second kappa shape index (κ2) is 22.4. The molecule has 0 aromatic heterocycles. The van der Waals surface area contributed by atoms with Gasteiger partial charge in [-0.25, -0.2) is 110 Å². The number of alkyl halides is 1. The molecule has 0 fully saturated rings. The second-order valence-corrected chi connectivity index (χ2v) is 22.1. The molecule has 9 aromatic rings. The van der Waals surface area contributed by atoms with E-state index in [9.17, 15) is 30.7 Å². The van der Waals surface area contributed by atoms with Crippen LogP contribution in [0.25, 0.3) is 43.1 Å². The van der Waals surface area contributed by atoms with E-state index in [1.54, 1.807) is 0 Å². The van der Waals surface area contributed by atoms with Gasteiger partial charge < -0.3 is 0 Å². The van der Waals surface area contributed by atoms with E-state index < -0.39 is 256 Å². The molecule has 1 unspecified atom stereocenters. The molecule has 1 N–H and O–H groups in total. The van der Waals surface area contributed by atoms with Gasteiger partial charge in [0.2, 0.25) is 12.6 Å². The molecular formula is C53H23AlF27N. The van der Waals surface area contributed by atoms with Crippen molar-refractivity contribution in [3.05, 3.63) is 194 Å². The molecule has 0 bridgehead atoms. The predicted molar refractivity (Wildman–Crippen MR) is 241 cm³/mol. The third kappa shape index (κ3) is 9.07. The fourth-order valence-electron chi connectivity index (χ4n) is 10.2. The van der Waals surface area contributed by atoms with Crippen LogP contribution in [0, 0.1) is 151 Å². The zero-order valence-electron chi connectivity index (χ0n) is 40.1. The van der Waals surface area contributed by atoms with Gasteiger partial charge in [0.05, 0.1) is 28.1 Å². The number of unbranched alkanes of at least 4 members (excludes halogenated alkanes) is 3. The number of nitrogens with one attached hydrogen (secondary N) is 1. The Kier molecular flexibility index (Phi) is 16.6. The summed E-state index contributed by atoms with van der Waals surface area (Å²) in [6, 6.07) is 0.754. The van der Waals surface area contributed by atoms with Gasteiger partial charge in [-0.05, 0) is 64.7 Å². The van der Waals surface area contributed by atoms with E-state index in [0.29, 0.717) is 11.4 Å². The van der Waals surface area contributed by atoms with Gasteiger partial charge in [0.25, 0.3) is 13.1 Å². The summed E-state index contributed by atoms with van der Waals surface area (Å²) in [5.74, 6) is -77.1. The molecule has 0 saturated carbocycles. The lowest BCUT2D eigenvalue weighted by atomic mass is 10.1. The van der Waals surface area contributed by atoms with Crippen LogP contribution in [0.5, 0.6) is 0 Å². The Labute approximate surface area is 441 Å². The molecule has 82 heavy (non-hydrogen) atoms. The molecule has 29 heteroatoms. The van der Waals surface area contributed by atoms with E-state index in [1.807, 2.05) is 0 Å². The van der Waals surface area contributed by atoms with E-state index in [-0.39, 0.29) is 5.69 Å². The lowest BCUT2D eigenvalue weighted by Gasteiger charge is -2.44. The number of hydrogen-bond donors (Lipinski definition) is 1. The topological polar surface area (TPSA) is 4.44 Å². The van der Waals surface area contributed by atoms with Crippen LogP contribution < -0.4 is 22.6 Å². The Bertz CT molecular complexity index is 3690. The van der Waals surface area contributed by atoms with E-state index >= 15 is 87.8 Å². The zero-order chi connectivity index (χ0) is 60.8. The first-order chi connectivity index (χ1) is 38.5. The van der Waals surface area contributed by atoms with Crippen molar-refractivity contribution in [2.24, 2.45) is 0 Å². The summed E-state index contributed by atoms with van der Waals surface area (Å²) in [4.78, 5) is 0.359. The first kappa shape index (κ1) is 60.7. The van der Waals surface area contributed by atoms with Crippen molar-refractivity contribution < 1.29 is 123 Å². The lowest BCUT2D eigenvalue weighted by molar-refractivity contribution is -0.848. The maximum Gasteiger partial charge on any atom is 0.286 e. The summed E-state index contributed by atoms with van der Waals surface area (Å²) in [6.45, 7) is 1.87.